The number of hydrogen-bond acceptors (Lipinski definition) is 2. The SMILES string of the molecule is CC(C)N1CCC[C@@H]1[C@@H]1CO1. The number of nitrogens with zero attached hydrogens (tertiary/aromatic N) is 1. The molecule has 2 aliphatic heterocycles. The van der Waals surface area contributed by atoms with E-state index >= 15 is 0 Å². The first-order valence-corrected chi connectivity index (χ1v) is 4.66. The van der Waals surface area contributed by atoms with Crippen molar-refractivity contribution in [3.63, 3.8) is 0 Å². The average molecular weight is 155 g/mol. The molecule has 2 fully saturated rings. The summed E-state index contributed by atoms with van der Waals surface area (Å²) in [6.45, 7) is 6.84. The summed E-state index contributed by atoms with van der Waals surface area (Å²) >= 11 is 0. The van der Waals surface area contributed by atoms with E-state index in [4.69, 9.17) is 4.74 Å². The fourth-order valence-electron chi connectivity index (χ4n) is 2.13. The molecule has 0 bridgehead atoms. The van der Waals surface area contributed by atoms with Crippen molar-refractivity contribution in [3.05, 3.63) is 0 Å². The van der Waals surface area contributed by atoms with Gasteiger partial charge in [-0.15, -0.1) is 0 Å². The van der Waals surface area contributed by atoms with Crippen LogP contribution in [0.3, 0.4) is 0 Å². The fraction of sp³-hybridized carbons (Fsp3) is 1.00. The molecule has 2 nitrogen and oxygen atoms in total. The van der Waals surface area contributed by atoms with Crippen molar-refractivity contribution in [1.82, 2.24) is 4.90 Å². The summed E-state index contributed by atoms with van der Waals surface area (Å²) in [7, 11) is 0. The molecular weight excluding hydrogens is 138 g/mol. The molecule has 0 amide bonds. The van der Waals surface area contributed by atoms with Crippen LogP contribution in [-0.4, -0.2) is 36.2 Å². The molecular formula is C9H17NO. The van der Waals surface area contributed by atoms with Crippen molar-refractivity contribution in [2.24, 2.45) is 0 Å². The molecule has 0 radical (unpaired) electrons. The minimum Gasteiger partial charge on any atom is -0.371 e. The lowest BCUT2D eigenvalue weighted by Gasteiger charge is -2.26. The van der Waals surface area contributed by atoms with Gasteiger partial charge in [0.25, 0.3) is 0 Å². The summed E-state index contributed by atoms with van der Waals surface area (Å²) in [5.41, 5.74) is 0. The molecule has 2 heterocycles. The minimum atomic E-state index is 0.583. The zero-order chi connectivity index (χ0) is 7.84. The maximum Gasteiger partial charge on any atom is 0.0964 e. The van der Waals surface area contributed by atoms with Gasteiger partial charge < -0.3 is 4.74 Å². The third kappa shape index (κ3) is 1.42. The largest absolute Gasteiger partial charge is 0.371 e. The molecule has 0 unspecified atom stereocenters. The van der Waals surface area contributed by atoms with Crippen LogP contribution in [-0.2, 0) is 4.74 Å². The lowest BCUT2D eigenvalue weighted by atomic mass is 10.1. The predicted octanol–water partition coefficient (Wildman–Crippen LogP) is 1.26. The Kier molecular flexibility index (Phi) is 1.90. The molecule has 2 saturated heterocycles. The summed E-state index contributed by atoms with van der Waals surface area (Å²) in [6, 6.07) is 1.45. The molecule has 2 atom stereocenters. The number of epoxide rings is 1. The van der Waals surface area contributed by atoms with E-state index in [2.05, 4.69) is 18.7 Å². The van der Waals surface area contributed by atoms with E-state index in [9.17, 15) is 0 Å². The minimum absolute atomic E-state index is 0.583. The summed E-state index contributed by atoms with van der Waals surface area (Å²) in [6.07, 6.45) is 3.30. The van der Waals surface area contributed by atoms with Gasteiger partial charge in [-0.2, -0.15) is 0 Å². The molecule has 2 aliphatic rings. The van der Waals surface area contributed by atoms with Gasteiger partial charge in [0.05, 0.1) is 12.7 Å². The summed E-state index contributed by atoms with van der Waals surface area (Å²) in [5.74, 6) is 0. The van der Waals surface area contributed by atoms with E-state index < -0.39 is 0 Å². The van der Waals surface area contributed by atoms with Gasteiger partial charge in [-0.1, -0.05) is 0 Å². The Labute approximate surface area is 68.5 Å². The van der Waals surface area contributed by atoms with Gasteiger partial charge >= 0.3 is 0 Å². The average Bonchev–Trinajstić information content (AvgIpc) is 2.68. The van der Waals surface area contributed by atoms with Crippen molar-refractivity contribution in [3.8, 4) is 0 Å². The molecule has 0 saturated carbocycles. The highest BCUT2D eigenvalue weighted by atomic mass is 16.6. The van der Waals surface area contributed by atoms with Gasteiger partial charge in [0.1, 0.15) is 0 Å². The van der Waals surface area contributed by atoms with Crippen LogP contribution in [0.5, 0.6) is 0 Å². The van der Waals surface area contributed by atoms with Crippen LogP contribution >= 0.6 is 0 Å². The lowest BCUT2D eigenvalue weighted by molar-refractivity contribution is 0.170. The van der Waals surface area contributed by atoms with Gasteiger partial charge in [-0.3, -0.25) is 4.90 Å². The maximum atomic E-state index is 5.33. The normalized spacial score (nSPS) is 38.5. The quantitative estimate of drug-likeness (QED) is 0.558. The molecule has 0 aromatic carbocycles. The maximum absolute atomic E-state index is 5.33. The Bertz CT molecular complexity index is 134. The molecule has 2 heteroatoms. The highest BCUT2D eigenvalue weighted by Gasteiger charge is 2.39. The molecule has 0 aliphatic carbocycles. The lowest BCUT2D eigenvalue weighted by Crippen LogP contribution is -2.38. The number of ether oxygens (including phenoxy) is 1. The first-order chi connectivity index (χ1) is 5.29. The number of hydrogen-bond donors (Lipinski definition) is 0. The second-order valence-corrected chi connectivity index (χ2v) is 3.91. The Morgan fingerprint density at radius 2 is 2.18 bits per heavy atom. The van der Waals surface area contributed by atoms with Gasteiger partial charge in [0.15, 0.2) is 0 Å². The monoisotopic (exact) mass is 155 g/mol. The highest BCUT2D eigenvalue weighted by molar-refractivity contribution is 4.92. The molecule has 0 aromatic heterocycles. The predicted molar refractivity (Wildman–Crippen MR) is 44.6 cm³/mol. The molecule has 2 rings (SSSR count). The fourth-order valence-corrected chi connectivity index (χ4v) is 2.13. The zero-order valence-corrected chi connectivity index (χ0v) is 7.42. The first-order valence-electron chi connectivity index (χ1n) is 4.66. The second kappa shape index (κ2) is 2.76. The van der Waals surface area contributed by atoms with Gasteiger partial charge in [0.2, 0.25) is 0 Å². The van der Waals surface area contributed by atoms with Crippen LogP contribution in [0.2, 0.25) is 0 Å². The molecule has 0 spiro atoms. The smallest absolute Gasteiger partial charge is 0.0964 e. The third-order valence-electron chi connectivity index (χ3n) is 2.79. The van der Waals surface area contributed by atoms with Gasteiger partial charge in [0, 0.05) is 12.1 Å². The Morgan fingerprint density at radius 1 is 1.45 bits per heavy atom. The van der Waals surface area contributed by atoms with E-state index in [1.165, 1.54) is 19.4 Å². The Balaban J connectivity index is 1.95. The van der Waals surface area contributed by atoms with E-state index in [1.54, 1.807) is 0 Å². The Hall–Kier alpha value is -0.0800. The van der Waals surface area contributed by atoms with Crippen molar-refractivity contribution in [2.75, 3.05) is 13.2 Å². The Morgan fingerprint density at radius 3 is 2.73 bits per heavy atom. The van der Waals surface area contributed by atoms with Crippen LogP contribution in [0, 0.1) is 0 Å². The van der Waals surface area contributed by atoms with Crippen molar-refractivity contribution in [2.45, 2.75) is 44.9 Å². The second-order valence-electron chi connectivity index (χ2n) is 3.91. The topological polar surface area (TPSA) is 15.8 Å². The third-order valence-corrected chi connectivity index (χ3v) is 2.79. The van der Waals surface area contributed by atoms with Crippen molar-refractivity contribution in [1.29, 1.82) is 0 Å². The molecule has 0 N–H and O–H groups in total. The van der Waals surface area contributed by atoms with Gasteiger partial charge in [-0.25, -0.2) is 0 Å². The summed E-state index contributed by atoms with van der Waals surface area (Å²) < 4.78 is 5.33. The zero-order valence-electron chi connectivity index (χ0n) is 7.42. The summed E-state index contributed by atoms with van der Waals surface area (Å²) in [5, 5.41) is 0. The molecule has 64 valence electrons. The number of rotatable bonds is 2. The standard InChI is InChI=1S/C9H17NO/c1-7(2)10-5-3-4-8(10)9-6-11-9/h7-9H,3-6H2,1-2H3/t8-,9+/m1/s1. The van der Waals surface area contributed by atoms with Crippen molar-refractivity contribution >= 4 is 0 Å². The highest BCUT2D eigenvalue weighted by Crippen LogP contribution is 2.29. The first kappa shape index (κ1) is 7.56. The van der Waals surface area contributed by atoms with Crippen LogP contribution < -0.4 is 0 Å². The number of likely N-dealkylation sites (tertiary alicyclic amines) is 1. The van der Waals surface area contributed by atoms with Crippen molar-refractivity contribution < 1.29 is 4.74 Å². The molecule has 0 aromatic rings. The van der Waals surface area contributed by atoms with E-state index in [0.717, 1.165) is 12.6 Å². The molecule has 11 heavy (non-hydrogen) atoms. The van der Waals surface area contributed by atoms with Crippen LogP contribution in [0.25, 0.3) is 0 Å². The summed E-state index contributed by atoms with van der Waals surface area (Å²) in [4.78, 5) is 2.58. The van der Waals surface area contributed by atoms with E-state index in [-0.39, 0.29) is 0 Å². The van der Waals surface area contributed by atoms with Gasteiger partial charge in [-0.05, 0) is 33.2 Å². The van der Waals surface area contributed by atoms with Crippen LogP contribution in [0.4, 0.5) is 0 Å². The van der Waals surface area contributed by atoms with E-state index in [0.29, 0.717) is 12.1 Å². The van der Waals surface area contributed by atoms with E-state index in [1.807, 2.05) is 0 Å². The van der Waals surface area contributed by atoms with Crippen LogP contribution in [0.1, 0.15) is 26.7 Å². The van der Waals surface area contributed by atoms with Crippen LogP contribution in [0.15, 0.2) is 0 Å².